The number of amides is 2. The van der Waals surface area contributed by atoms with Crippen molar-refractivity contribution in [2.75, 3.05) is 5.32 Å². The Bertz CT molecular complexity index is 943. The van der Waals surface area contributed by atoms with Crippen molar-refractivity contribution in [3.05, 3.63) is 22.3 Å². The SMILES string of the molecule is CC(=O)C(C)=C(C)C.CC(=O)C(C)C(C)=O.[B][B]c1c([B])c(C)c(NC(N)=O)c(B([B])[B])c1C. The first-order valence-electron chi connectivity index (χ1n) is 10.6. The van der Waals surface area contributed by atoms with Crippen molar-refractivity contribution in [1.82, 2.24) is 0 Å². The fraction of sp³-hybridized carbons (Fsp3) is 0.455. The number of hydrogen-bond acceptors (Lipinski definition) is 4. The van der Waals surface area contributed by atoms with Crippen LogP contribution < -0.4 is 27.4 Å². The lowest BCUT2D eigenvalue weighted by Gasteiger charge is -2.24. The topological polar surface area (TPSA) is 106 Å². The minimum Gasteiger partial charge on any atom is -0.351 e. The van der Waals surface area contributed by atoms with E-state index in [0.29, 0.717) is 27.6 Å². The number of nitrogens with one attached hydrogen (secondary N) is 1. The zero-order valence-corrected chi connectivity index (χ0v) is 21.8. The smallest absolute Gasteiger partial charge is 0.316 e. The van der Waals surface area contributed by atoms with Gasteiger partial charge in [-0.2, -0.15) is 0 Å². The second-order valence-electron chi connectivity index (χ2n) is 8.17. The predicted octanol–water partition coefficient (Wildman–Crippen LogP) is -0.235. The molecule has 0 bridgehead atoms. The Morgan fingerprint density at radius 1 is 0.941 bits per heavy atom. The van der Waals surface area contributed by atoms with Gasteiger partial charge >= 0.3 is 6.03 Å². The highest BCUT2D eigenvalue weighted by Gasteiger charge is 2.19. The average molecular weight is 452 g/mol. The number of nitrogens with two attached hydrogens (primary N) is 1. The van der Waals surface area contributed by atoms with Gasteiger partial charge in [-0.1, -0.05) is 22.1 Å². The first-order chi connectivity index (χ1) is 15.4. The lowest BCUT2D eigenvalue weighted by molar-refractivity contribution is -0.129. The van der Waals surface area contributed by atoms with Crippen molar-refractivity contribution in [3.8, 4) is 0 Å². The normalized spacial score (nSPS) is 9.47. The third-order valence-electron chi connectivity index (χ3n) is 5.39. The highest BCUT2D eigenvalue weighted by atomic mass is 16.2. The van der Waals surface area contributed by atoms with Gasteiger partial charge in [0.2, 0.25) is 0 Å². The van der Waals surface area contributed by atoms with Crippen molar-refractivity contribution in [1.29, 1.82) is 0 Å². The number of rotatable bonds is 6. The Labute approximate surface area is 210 Å². The zero-order valence-electron chi connectivity index (χ0n) is 21.8. The van der Waals surface area contributed by atoms with Gasteiger partial charge in [-0.25, -0.2) is 4.79 Å². The van der Waals surface area contributed by atoms with E-state index in [2.05, 4.69) is 5.32 Å². The molecule has 0 aliphatic carbocycles. The van der Waals surface area contributed by atoms with Crippen LogP contribution in [0.4, 0.5) is 10.5 Å². The van der Waals surface area contributed by atoms with E-state index in [1.54, 1.807) is 27.7 Å². The number of primary amides is 1. The molecule has 0 spiro atoms. The molecule has 12 heteroatoms. The number of anilines is 1. The Morgan fingerprint density at radius 3 is 1.59 bits per heavy atom. The van der Waals surface area contributed by atoms with Crippen molar-refractivity contribution in [2.24, 2.45) is 11.7 Å². The Balaban J connectivity index is 0. The van der Waals surface area contributed by atoms with Gasteiger partial charge in [0.15, 0.2) is 5.78 Å². The molecule has 9 radical (unpaired) electrons. The fourth-order valence-corrected chi connectivity index (χ4v) is 2.63. The van der Waals surface area contributed by atoms with Crippen LogP contribution in [0.15, 0.2) is 11.1 Å². The molecule has 34 heavy (non-hydrogen) atoms. The first-order valence-corrected chi connectivity index (χ1v) is 10.6. The van der Waals surface area contributed by atoms with Gasteiger partial charge in [0.05, 0.1) is 19.6 Å². The molecule has 0 atom stereocenters. The number of ketones is 3. The quantitative estimate of drug-likeness (QED) is 0.353. The van der Waals surface area contributed by atoms with Crippen LogP contribution in [0.2, 0.25) is 0 Å². The predicted molar refractivity (Wildman–Crippen MR) is 148 cm³/mol. The molecule has 0 unspecified atom stereocenters. The van der Waals surface area contributed by atoms with Gasteiger partial charge < -0.3 is 11.1 Å². The first kappa shape index (κ1) is 33.8. The van der Waals surface area contributed by atoms with Crippen LogP contribution in [0.25, 0.3) is 0 Å². The monoisotopic (exact) mass is 453 g/mol. The molecular weight excluding hydrogens is 421 g/mol. The molecule has 2 amide bonds. The molecule has 0 saturated heterocycles. The minimum atomic E-state index is -0.773. The molecule has 0 aliphatic rings. The van der Waals surface area contributed by atoms with E-state index in [9.17, 15) is 19.2 Å². The van der Waals surface area contributed by atoms with Crippen molar-refractivity contribution >= 4 is 90.2 Å². The molecule has 0 fully saturated rings. The summed E-state index contributed by atoms with van der Waals surface area (Å²) in [5.41, 5.74) is 10.6. The molecular formula is C22H31B6N2O4. The summed E-state index contributed by atoms with van der Waals surface area (Å²) in [5, 5.41) is 2.50. The Hall–Kier alpha value is -2.37. The molecule has 1 rings (SSSR count). The lowest BCUT2D eigenvalue weighted by atomic mass is 9.16. The maximum Gasteiger partial charge on any atom is 0.316 e. The van der Waals surface area contributed by atoms with E-state index < -0.39 is 18.4 Å². The van der Waals surface area contributed by atoms with Crippen LogP contribution in [0.3, 0.4) is 0 Å². The van der Waals surface area contributed by atoms with Crippen LogP contribution in [-0.2, 0) is 14.4 Å². The van der Waals surface area contributed by atoms with Gasteiger partial charge in [-0.3, -0.25) is 14.4 Å². The summed E-state index contributed by atoms with van der Waals surface area (Å²) in [6, 6.07) is -0.705. The van der Waals surface area contributed by atoms with Crippen molar-refractivity contribution in [3.63, 3.8) is 0 Å². The maximum absolute atomic E-state index is 11.0. The van der Waals surface area contributed by atoms with E-state index in [1.165, 1.54) is 21.0 Å². The summed E-state index contributed by atoms with van der Waals surface area (Å²) in [5.74, 6) is -0.352. The van der Waals surface area contributed by atoms with E-state index in [0.717, 1.165) is 16.7 Å². The third-order valence-corrected chi connectivity index (χ3v) is 5.39. The average Bonchev–Trinajstić information content (AvgIpc) is 2.71. The van der Waals surface area contributed by atoms with Crippen LogP contribution in [0, 0.1) is 19.8 Å². The third kappa shape index (κ3) is 10.7. The summed E-state index contributed by atoms with van der Waals surface area (Å²) < 4.78 is 0. The summed E-state index contributed by atoms with van der Waals surface area (Å²) in [6.07, 6.45) is 0. The van der Waals surface area contributed by atoms with Gasteiger partial charge in [-0.15, -0.1) is 5.46 Å². The largest absolute Gasteiger partial charge is 0.351 e. The van der Waals surface area contributed by atoms with Gasteiger partial charge in [0, 0.05) is 28.9 Å². The second kappa shape index (κ2) is 15.5. The number of carbonyl (C=O) groups is 4. The summed E-state index contributed by atoms with van der Waals surface area (Å²) in [6.45, 7) is 14.5. The second-order valence-corrected chi connectivity index (χ2v) is 8.17. The van der Waals surface area contributed by atoms with E-state index in [4.69, 9.17) is 36.8 Å². The molecule has 0 heterocycles. The number of Topliss-reactive ketones (excluding diaryl/α,β-unsaturated/α-hetero) is 3. The number of allylic oxidation sites excluding steroid dienone is 2. The fourth-order valence-electron chi connectivity index (χ4n) is 2.63. The van der Waals surface area contributed by atoms with Gasteiger partial charge in [-0.05, 0) is 73.5 Å². The highest BCUT2D eigenvalue weighted by molar-refractivity contribution is 7.36. The molecule has 6 nitrogen and oxygen atoms in total. The highest BCUT2D eigenvalue weighted by Crippen LogP contribution is 2.11. The molecule has 1 aromatic rings. The van der Waals surface area contributed by atoms with Crippen LogP contribution in [-0.4, -0.2) is 68.1 Å². The van der Waals surface area contributed by atoms with Gasteiger partial charge in [0.1, 0.15) is 19.4 Å². The number of urea groups is 1. The standard InChI is InChI=1S/C9H9B6N2O.C7H12O.C6H10O2/c1-3-5(10)6(14-11)4(2)7(15(12)13)8(3)17-9(16)18;1-5(2)6(3)7(4)8;1-4(5(2)7)6(3)8/h1-2H3,(H3,16,17,18);1-4H3;4H,1-3H3. The van der Waals surface area contributed by atoms with Gasteiger partial charge in [0.25, 0.3) is 0 Å². The molecule has 0 saturated carbocycles. The summed E-state index contributed by atoms with van der Waals surface area (Å²) >= 11 is 0. The number of carbonyl (C=O) groups excluding carboxylic acids is 4. The molecule has 3 N–H and O–H groups in total. The lowest BCUT2D eigenvalue weighted by Crippen LogP contribution is -2.48. The van der Waals surface area contributed by atoms with Crippen LogP contribution in [0.5, 0.6) is 0 Å². The zero-order chi connectivity index (χ0) is 27.5. The summed E-state index contributed by atoms with van der Waals surface area (Å²) in [4.78, 5) is 42.3. The minimum absolute atomic E-state index is 0.0579. The molecule has 171 valence electrons. The van der Waals surface area contributed by atoms with E-state index >= 15 is 0 Å². The van der Waals surface area contributed by atoms with E-state index in [-0.39, 0.29) is 17.3 Å². The maximum atomic E-state index is 11.0. The van der Waals surface area contributed by atoms with Crippen LogP contribution >= 0.6 is 0 Å². The van der Waals surface area contributed by atoms with Crippen molar-refractivity contribution < 1.29 is 19.2 Å². The Morgan fingerprint density at radius 2 is 1.38 bits per heavy atom. The number of hydrogen-bond donors (Lipinski definition) is 2. The van der Waals surface area contributed by atoms with Crippen LogP contribution in [0.1, 0.15) is 59.6 Å². The molecule has 0 aliphatic heterocycles. The number of benzene rings is 1. The van der Waals surface area contributed by atoms with Crippen molar-refractivity contribution in [2.45, 2.75) is 62.3 Å². The molecule has 0 aromatic heterocycles. The Kier molecular flexibility index (Phi) is 15.4. The molecule has 1 aromatic carbocycles. The van der Waals surface area contributed by atoms with E-state index in [1.807, 2.05) is 20.8 Å². The summed E-state index contributed by atoms with van der Waals surface area (Å²) in [7, 11) is 24.3.